The van der Waals surface area contributed by atoms with Crippen LogP contribution in [0.2, 0.25) is 0 Å². The monoisotopic (exact) mass is 251 g/mol. The summed E-state index contributed by atoms with van der Waals surface area (Å²) >= 11 is 0. The van der Waals surface area contributed by atoms with E-state index in [0.717, 1.165) is 19.3 Å². The maximum absolute atomic E-state index is 12.4. The van der Waals surface area contributed by atoms with Crippen molar-refractivity contribution in [3.63, 3.8) is 0 Å². The zero-order chi connectivity index (χ0) is 13.3. The van der Waals surface area contributed by atoms with Crippen LogP contribution in [0.1, 0.15) is 40.0 Å². The van der Waals surface area contributed by atoms with Gasteiger partial charge in [0, 0.05) is 5.92 Å². The summed E-state index contributed by atoms with van der Waals surface area (Å²) in [6, 6.07) is -0.1000. The Labute approximate surface area is 108 Å². The van der Waals surface area contributed by atoms with Gasteiger partial charge >= 0.3 is 6.09 Å². The van der Waals surface area contributed by atoms with Gasteiger partial charge in [-0.05, 0) is 32.1 Å². The largest absolute Gasteiger partial charge is 0.447 e. The maximum Gasteiger partial charge on any atom is 0.416 e. The minimum Gasteiger partial charge on any atom is -0.447 e. The third-order valence-electron chi connectivity index (χ3n) is 3.90. The average Bonchev–Trinajstić information content (AvgIpc) is 2.71. The van der Waals surface area contributed by atoms with Crippen molar-refractivity contribution in [2.75, 3.05) is 6.61 Å². The lowest BCUT2D eigenvalue weighted by Crippen LogP contribution is -2.45. The first-order chi connectivity index (χ1) is 8.50. The van der Waals surface area contributed by atoms with Crippen LogP contribution in [-0.4, -0.2) is 29.5 Å². The maximum atomic E-state index is 12.4. The Hall–Kier alpha value is -1.32. The molecule has 4 nitrogen and oxygen atoms in total. The van der Waals surface area contributed by atoms with E-state index >= 15 is 0 Å². The molecule has 0 saturated carbocycles. The molecule has 2 rings (SSSR count). The molecule has 0 N–H and O–H groups in total. The highest BCUT2D eigenvalue weighted by molar-refractivity contribution is 5.95. The van der Waals surface area contributed by atoms with Crippen molar-refractivity contribution >= 4 is 12.0 Å². The van der Waals surface area contributed by atoms with Crippen LogP contribution in [0.15, 0.2) is 11.6 Å². The van der Waals surface area contributed by atoms with E-state index in [-0.39, 0.29) is 23.8 Å². The molecular weight excluding hydrogens is 230 g/mol. The second kappa shape index (κ2) is 5.12. The second-order valence-corrected chi connectivity index (χ2v) is 5.62. The minimum absolute atomic E-state index is 0.0550. The highest BCUT2D eigenvalue weighted by atomic mass is 16.6. The summed E-state index contributed by atoms with van der Waals surface area (Å²) in [5.41, 5.74) is 1.34. The lowest BCUT2D eigenvalue weighted by Gasteiger charge is -2.28. The quantitative estimate of drug-likeness (QED) is 0.709. The van der Waals surface area contributed by atoms with Gasteiger partial charge < -0.3 is 4.74 Å². The summed E-state index contributed by atoms with van der Waals surface area (Å²) in [5, 5.41) is 0. The number of allylic oxidation sites excluding steroid dienone is 2. The van der Waals surface area contributed by atoms with Gasteiger partial charge in [0.25, 0.3) is 0 Å². The molecule has 0 spiro atoms. The standard InChI is InChI=1S/C14H21NO3/c1-9(2)12-8-18-14(17)15(12)13(16)11-6-4-10(3)5-7-11/h4,9,11-12H,5-8H2,1-3H3/t11-,12+/m0/s1. The van der Waals surface area contributed by atoms with E-state index < -0.39 is 6.09 Å². The van der Waals surface area contributed by atoms with Gasteiger partial charge in [-0.15, -0.1) is 0 Å². The van der Waals surface area contributed by atoms with Gasteiger partial charge in [0.2, 0.25) is 5.91 Å². The Kier molecular flexibility index (Phi) is 3.73. The highest BCUT2D eigenvalue weighted by Crippen LogP contribution is 2.28. The van der Waals surface area contributed by atoms with Crippen molar-refractivity contribution in [1.29, 1.82) is 0 Å². The van der Waals surface area contributed by atoms with Crippen molar-refractivity contribution < 1.29 is 14.3 Å². The molecule has 18 heavy (non-hydrogen) atoms. The first-order valence-corrected chi connectivity index (χ1v) is 6.66. The minimum atomic E-state index is -0.468. The van der Waals surface area contributed by atoms with E-state index in [1.165, 1.54) is 10.5 Å². The van der Waals surface area contributed by atoms with Gasteiger partial charge in [0.05, 0.1) is 6.04 Å². The van der Waals surface area contributed by atoms with Crippen molar-refractivity contribution in [3.8, 4) is 0 Å². The van der Waals surface area contributed by atoms with Crippen LogP contribution in [0.25, 0.3) is 0 Å². The van der Waals surface area contributed by atoms with Gasteiger partial charge in [0.15, 0.2) is 0 Å². The SMILES string of the molecule is CC1=CC[C@H](C(=O)N2C(=O)OC[C@@H]2C(C)C)CC1. The van der Waals surface area contributed by atoms with Crippen LogP contribution in [-0.2, 0) is 9.53 Å². The average molecular weight is 251 g/mol. The number of ether oxygens (including phenoxy) is 1. The highest BCUT2D eigenvalue weighted by Gasteiger charge is 2.41. The Bertz CT molecular complexity index is 387. The Morgan fingerprint density at radius 2 is 2.22 bits per heavy atom. The van der Waals surface area contributed by atoms with E-state index in [1.54, 1.807) is 0 Å². The number of carbonyl (C=O) groups is 2. The number of nitrogens with zero attached hydrogens (tertiary/aromatic N) is 1. The predicted molar refractivity (Wildman–Crippen MR) is 67.9 cm³/mol. The van der Waals surface area contributed by atoms with Crippen LogP contribution in [0.4, 0.5) is 4.79 Å². The normalized spacial score (nSPS) is 28.3. The molecule has 1 aliphatic carbocycles. The molecule has 0 radical (unpaired) electrons. The van der Waals surface area contributed by atoms with Crippen LogP contribution in [0.3, 0.4) is 0 Å². The first kappa shape index (κ1) is 13.1. The van der Waals surface area contributed by atoms with Gasteiger partial charge in [0.1, 0.15) is 6.61 Å². The molecule has 2 aliphatic rings. The van der Waals surface area contributed by atoms with E-state index in [9.17, 15) is 9.59 Å². The first-order valence-electron chi connectivity index (χ1n) is 6.66. The van der Waals surface area contributed by atoms with Crippen LogP contribution >= 0.6 is 0 Å². The number of cyclic esters (lactones) is 1. The smallest absolute Gasteiger partial charge is 0.416 e. The van der Waals surface area contributed by atoms with E-state index in [1.807, 2.05) is 13.8 Å². The topological polar surface area (TPSA) is 46.6 Å². The van der Waals surface area contributed by atoms with Crippen LogP contribution in [0, 0.1) is 11.8 Å². The molecule has 2 amide bonds. The van der Waals surface area contributed by atoms with E-state index in [4.69, 9.17) is 4.74 Å². The molecule has 0 bridgehead atoms. The number of hydrogen-bond donors (Lipinski definition) is 0. The van der Waals surface area contributed by atoms with Gasteiger partial charge in [-0.1, -0.05) is 25.5 Å². The van der Waals surface area contributed by atoms with Crippen molar-refractivity contribution in [2.24, 2.45) is 11.8 Å². The Morgan fingerprint density at radius 3 is 2.78 bits per heavy atom. The van der Waals surface area contributed by atoms with Crippen molar-refractivity contribution in [1.82, 2.24) is 4.90 Å². The predicted octanol–water partition coefficient (Wildman–Crippen LogP) is 2.74. The molecule has 0 aromatic heterocycles. The van der Waals surface area contributed by atoms with Crippen LogP contribution < -0.4 is 0 Å². The lowest BCUT2D eigenvalue weighted by molar-refractivity contribution is -0.134. The number of amides is 2. The fraction of sp³-hybridized carbons (Fsp3) is 0.714. The number of carbonyl (C=O) groups excluding carboxylic acids is 2. The van der Waals surface area contributed by atoms with E-state index in [0.29, 0.717) is 6.61 Å². The second-order valence-electron chi connectivity index (χ2n) is 5.62. The van der Waals surface area contributed by atoms with E-state index in [2.05, 4.69) is 13.0 Å². The van der Waals surface area contributed by atoms with Gasteiger partial charge in [-0.3, -0.25) is 4.79 Å². The van der Waals surface area contributed by atoms with Gasteiger partial charge in [-0.2, -0.15) is 0 Å². The van der Waals surface area contributed by atoms with Crippen molar-refractivity contribution in [2.45, 2.75) is 46.1 Å². The van der Waals surface area contributed by atoms with Gasteiger partial charge in [-0.25, -0.2) is 9.69 Å². The summed E-state index contributed by atoms with van der Waals surface area (Å²) < 4.78 is 5.02. The molecule has 4 heteroatoms. The molecular formula is C14H21NO3. The Morgan fingerprint density at radius 1 is 1.50 bits per heavy atom. The molecule has 100 valence electrons. The third kappa shape index (κ3) is 2.42. The van der Waals surface area contributed by atoms with Crippen molar-refractivity contribution in [3.05, 3.63) is 11.6 Å². The summed E-state index contributed by atoms with van der Waals surface area (Å²) in [6.07, 6.45) is 4.18. The molecule has 0 unspecified atom stereocenters. The molecule has 1 saturated heterocycles. The number of rotatable bonds is 2. The summed E-state index contributed by atoms with van der Waals surface area (Å²) in [7, 11) is 0. The summed E-state index contributed by atoms with van der Waals surface area (Å²) in [5.74, 6) is 0.127. The Balaban J connectivity index is 2.10. The zero-order valence-electron chi connectivity index (χ0n) is 11.3. The lowest BCUT2D eigenvalue weighted by atomic mass is 9.88. The number of imide groups is 1. The summed E-state index contributed by atoms with van der Waals surface area (Å²) in [6.45, 7) is 6.45. The zero-order valence-corrected chi connectivity index (χ0v) is 11.3. The molecule has 1 fully saturated rings. The molecule has 1 aliphatic heterocycles. The van der Waals surface area contributed by atoms with Crippen LogP contribution in [0.5, 0.6) is 0 Å². The molecule has 0 aromatic carbocycles. The summed E-state index contributed by atoms with van der Waals surface area (Å²) in [4.78, 5) is 25.5. The number of hydrogen-bond acceptors (Lipinski definition) is 3. The third-order valence-corrected chi connectivity index (χ3v) is 3.90. The molecule has 2 atom stereocenters. The fourth-order valence-corrected chi connectivity index (χ4v) is 2.57. The molecule has 1 heterocycles. The molecule has 0 aromatic rings. The fourth-order valence-electron chi connectivity index (χ4n) is 2.57.